The van der Waals surface area contributed by atoms with E-state index in [0.29, 0.717) is 5.60 Å². The first kappa shape index (κ1) is 23.3. The van der Waals surface area contributed by atoms with Gasteiger partial charge in [0.25, 0.3) is 0 Å². The van der Waals surface area contributed by atoms with Crippen molar-refractivity contribution < 1.29 is 4.43 Å². The van der Waals surface area contributed by atoms with Crippen molar-refractivity contribution >= 4 is 26.7 Å². The molecule has 154 valence electrons. The SMILES string of the molecule is CCC[CH2][Sn]([CH2]CCC)([CH2]CCC)[CH]1CC2CCCCC21O[Si](C)(C)C. The average molecular weight is 487 g/mol. The predicted octanol–water partition coefficient (Wildman–Crippen LogP) is 8.39. The van der Waals surface area contributed by atoms with Crippen molar-refractivity contribution in [3.05, 3.63) is 0 Å². The van der Waals surface area contributed by atoms with Gasteiger partial charge >= 0.3 is 171 Å². The van der Waals surface area contributed by atoms with Crippen molar-refractivity contribution in [3.63, 3.8) is 0 Å². The Balaban J connectivity index is 2.33. The van der Waals surface area contributed by atoms with E-state index in [1.54, 1.807) is 19.7 Å². The summed E-state index contributed by atoms with van der Waals surface area (Å²) in [6.45, 7) is 14.6. The molecule has 2 aliphatic rings. The van der Waals surface area contributed by atoms with Crippen molar-refractivity contribution in [1.29, 1.82) is 0 Å². The number of fused-ring (bicyclic) bond motifs is 1. The van der Waals surface area contributed by atoms with Gasteiger partial charge in [-0.3, -0.25) is 0 Å². The zero-order valence-corrected chi connectivity index (χ0v) is 22.8. The molecule has 0 bridgehead atoms. The van der Waals surface area contributed by atoms with Gasteiger partial charge in [0.1, 0.15) is 0 Å². The van der Waals surface area contributed by atoms with Crippen LogP contribution in [0.15, 0.2) is 0 Å². The molecule has 3 atom stereocenters. The number of hydrogen-bond acceptors (Lipinski definition) is 1. The zero-order valence-electron chi connectivity index (χ0n) is 19.0. The van der Waals surface area contributed by atoms with Crippen LogP contribution in [-0.2, 0) is 4.43 Å². The van der Waals surface area contributed by atoms with E-state index in [2.05, 4.69) is 40.4 Å². The first-order chi connectivity index (χ1) is 12.3. The van der Waals surface area contributed by atoms with E-state index in [-0.39, 0.29) is 0 Å². The summed E-state index contributed by atoms with van der Waals surface area (Å²) in [5, 5.41) is 0. The second kappa shape index (κ2) is 10.1. The summed E-state index contributed by atoms with van der Waals surface area (Å²) in [5.74, 6) is 0.925. The topological polar surface area (TPSA) is 9.23 Å². The molecule has 0 aromatic rings. The molecule has 2 aliphatic carbocycles. The number of hydrogen-bond donors (Lipinski definition) is 0. The van der Waals surface area contributed by atoms with Gasteiger partial charge in [-0.05, 0) is 0 Å². The van der Waals surface area contributed by atoms with E-state index in [9.17, 15) is 0 Å². The van der Waals surface area contributed by atoms with E-state index in [1.807, 2.05) is 0 Å². The molecule has 0 aliphatic heterocycles. The van der Waals surface area contributed by atoms with Crippen LogP contribution in [0.3, 0.4) is 0 Å². The molecule has 0 N–H and O–H groups in total. The van der Waals surface area contributed by atoms with Gasteiger partial charge in [0.15, 0.2) is 0 Å². The Morgan fingerprint density at radius 3 is 1.85 bits per heavy atom. The van der Waals surface area contributed by atoms with Gasteiger partial charge in [-0.25, -0.2) is 0 Å². The van der Waals surface area contributed by atoms with Crippen LogP contribution in [0.4, 0.5) is 0 Å². The Morgan fingerprint density at radius 1 is 0.885 bits per heavy atom. The van der Waals surface area contributed by atoms with Crippen LogP contribution in [0, 0.1) is 5.92 Å². The normalized spacial score (nSPS) is 29.3. The molecule has 3 unspecified atom stereocenters. The minimum atomic E-state index is -2.19. The molecule has 2 saturated carbocycles. The summed E-state index contributed by atoms with van der Waals surface area (Å²) >= 11 is -2.19. The quantitative estimate of drug-likeness (QED) is 0.251. The Labute approximate surface area is 170 Å². The van der Waals surface area contributed by atoms with Crippen molar-refractivity contribution in [3.8, 4) is 0 Å². The third-order valence-electron chi connectivity index (χ3n) is 7.49. The molecule has 0 spiro atoms. The number of unbranched alkanes of at least 4 members (excludes halogenated alkanes) is 3. The van der Waals surface area contributed by atoms with Gasteiger partial charge < -0.3 is 0 Å². The fourth-order valence-corrected chi connectivity index (χ4v) is 28.9. The maximum absolute atomic E-state index is 7.22. The Hall–Kier alpha value is 0.976. The molecule has 26 heavy (non-hydrogen) atoms. The van der Waals surface area contributed by atoms with Gasteiger partial charge in [-0.1, -0.05) is 0 Å². The molecule has 0 heterocycles. The Kier molecular flexibility index (Phi) is 9.07. The molecule has 0 saturated heterocycles. The first-order valence-corrected chi connectivity index (χ1v) is 23.1. The second-order valence-corrected chi connectivity index (χ2v) is 29.0. The van der Waals surface area contributed by atoms with E-state index in [4.69, 9.17) is 4.43 Å². The van der Waals surface area contributed by atoms with Crippen LogP contribution < -0.4 is 0 Å². The first-order valence-electron chi connectivity index (χ1n) is 12.0. The summed E-state index contributed by atoms with van der Waals surface area (Å²) < 4.78 is 13.3. The fourth-order valence-electron chi connectivity index (χ4n) is 6.37. The van der Waals surface area contributed by atoms with Crippen LogP contribution in [0.1, 0.15) is 91.4 Å². The van der Waals surface area contributed by atoms with Crippen molar-refractivity contribution in [2.24, 2.45) is 5.92 Å². The summed E-state index contributed by atoms with van der Waals surface area (Å²) in [6, 6.07) is 0. The van der Waals surface area contributed by atoms with Crippen LogP contribution in [-0.4, -0.2) is 32.3 Å². The summed E-state index contributed by atoms with van der Waals surface area (Å²) in [4.78, 5) is 0. The van der Waals surface area contributed by atoms with Crippen molar-refractivity contribution in [1.82, 2.24) is 0 Å². The molecule has 1 nitrogen and oxygen atoms in total. The van der Waals surface area contributed by atoms with Crippen LogP contribution >= 0.6 is 0 Å². The van der Waals surface area contributed by atoms with Crippen molar-refractivity contribution in [2.75, 3.05) is 0 Å². The van der Waals surface area contributed by atoms with Gasteiger partial charge in [0.05, 0.1) is 0 Å². The number of rotatable bonds is 12. The Morgan fingerprint density at radius 2 is 1.42 bits per heavy atom. The molecule has 3 heteroatoms. The molecule has 2 fully saturated rings. The summed E-state index contributed by atoms with van der Waals surface area (Å²) in [6.07, 6.45) is 16.1. The van der Waals surface area contributed by atoms with Gasteiger partial charge in [-0.15, -0.1) is 0 Å². The molecule has 0 radical (unpaired) electrons. The van der Waals surface area contributed by atoms with E-state index < -0.39 is 26.7 Å². The summed E-state index contributed by atoms with van der Waals surface area (Å²) in [7, 11) is -1.49. The van der Waals surface area contributed by atoms with E-state index in [0.717, 1.165) is 9.85 Å². The standard InChI is InChI=1S/C11H21OSi.3C4H9.Sn/c1-13(2,3)12-11-8-5-4-6-10(11)7-9-11;3*1-3-4-2;/h9-10H,4-8H2,1-3H3;3*1,3-4H2,2H3;. The summed E-state index contributed by atoms with van der Waals surface area (Å²) in [5.41, 5.74) is 0.355. The minimum absolute atomic E-state index is 0.355. The zero-order chi connectivity index (χ0) is 19.3. The van der Waals surface area contributed by atoms with Gasteiger partial charge in [0.2, 0.25) is 0 Å². The molecule has 0 aromatic carbocycles. The van der Waals surface area contributed by atoms with Crippen LogP contribution in [0.5, 0.6) is 0 Å². The third-order valence-corrected chi connectivity index (χ3v) is 26.3. The van der Waals surface area contributed by atoms with E-state index in [1.165, 1.54) is 64.2 Å². The monoisotopic (exact) mass is 488 g/mol. The molecule has 2 rings (SSSR count). The third kappa shape index (κ3) is 5.31. The molecule has 0 amide bonds. The van der Waals surface area contributed by atoms with E-state index >= 15 is 0 Å². The molecule has 0 aromatic heterocycles. The predicted molar refractivity (Wildman–Crippen MR) is 122 cm³/mol. The fraction of sp³-hybridized carbons (Fsp3) is 1.00. The van der Waals surface area contributed by atoms with Crippen LogP contribution in [0.25, 0.3) is 0 Å². The maximum atomic E-state index is 7.22. The second-order valence-electron chi connectivity index (χ2n) is 10.6. The Bertz CT molecular complexity index is 397. The van der Waals surface area contributed by atoms with Gasteiger partial charge in [0, 0.05) is 0 Å². The van der Waals surface area contributed by atoms with Crippen LogP contribution in [0.2, 0.25) is 36.9 Å². The van der Waals surface area contributed by atoms with Crippen molar-refractivity contribution in [2.45, 2.75) is 134 Å². The molecular formula is C23H48OSiSn. The molecular weight excluding hydrogens is 439 g/mol. The van der Waals surface area contributed by atoms with Gasteiger partial charge in [-0.2, -0.15) is 0 Å². The average Bonchev–Trinajstić information content (AvgIpc) is 2.58.